The maximum absolute atomic E-state index is 6.42. The number of hydrogen-bond donors (Lipinski definition) is 1. The van der Waals surface area contributed by atoms with E-state index in [-0.39, 0.29) is 5.54 Å². The molecule has 0 aromatic heterocycles. The van der Waals surface area contributed by atoms with Crippen LogP contribution < -0.4 is 5.73 Å². The summed E-state index contributed by atoms with van der Waals surface area (Å²) in [5.74, 6) is 0. The molecule has 0 aliphatic heterocycles. The lowest BCUT2D eigenvalue weighted by atomic mass is 9.86. The molecule has 2 unspecified atom stereocenters. The van der Waals surface area contributed by atoms with E-state index in [1.807, 2.05) is 18.2 Å². The number of rotatable bonds is 4. The molecule has 0 amide bonds. The summed E-state index contributed by atoms with van der Waals surface area (Å²) in [5, 5.41) is 0. The monoisotopic (exact) mass is 206 g/mol. The summed E-state index contributed by atoms with van der Waals surface area (Å²) in [6.45, 7) is 7.44. The molecule has 0 fully saturated rings. The Morgan fingerprint density at radius 1 is 1.33 bits per heavy atom. The van der Waals surface area contributed by atoms with Gasteiger partial charge in [0, 0.05) is 6.04 Å². The van der Waals surface area contributed by atoms with E-state index in [9.17, 15) is 0 Å². The first-order valence-electron chi connectivity index (χ1n) is 5.54. The zero-order chi connectivity index (χ0) is 11.5. The van der Waals surface area contributed by atoms with E-state index in [0.717, 1.165) is 6.54 Å². The molecule has 2 nitrogen and oxygen atoms in total. The first kappa shape index (κ1) is 12.2. The van der Waals surface area contributed by atoms with Gasteiger partial charge in [0.05, 0.1) is 5.54 Å². The highest BCUT2D eigenvalue weighted by molar-refractivity contribution is 5.24. The van der Waals surface area contributed by atoms with E-state index in [1.54, 1.807) is 0 Å². The summed E-state index contributed by atoms with van der Waals surface area (Å²) < 4.78 is 0. The molecule has 1 aromatic rings. The fraction of sp³-hybridized carbons (Fsp3) is 0.538. The molecule has 0 saturated heterocycles. The molecule has 15 heavy (non-hydrogen) atoms. The SMILES string of the molecule is CCN(C)C(C)C(C)(N)c1ccccc1. The molecule has 2 N–H and O–H groups in total. The van der Waals surface area contributed by atoms with Gasteiger partial charge in [0.15, 0.2) is 0 Å². The van der Waals surface area contributed by atoms with Crippen LogP contribution in [0.2, 0.25) is 0 Å². The third-order valence-corrected chi connectivity index (χ3v) is 3.42. The highest BCUT2D eigenvalue weighted by atomic mass is 15.1. The van der Waals surface area contributed by atoms with E-state index in [2.05, 4.69) is 44.9 Å². The third-order valence-electron chi connectivity index (χ3n) is 3.42. The molecular weight excluding hydrogens is 184 g/mol. The van der Waals surface area contributed by atoms with Crippen molar-refractivity contribution in [1.29, 1.82) is 0 Å². The van der Waals surface area contributed by atoms with Gasteiger partial charge in [-0.3, -0.25) is 0 Å². The summed E-state index contributed by atoms with van der Waals surface area (Å²) >= 11 is 0. The third kappa shape index (κ3) is 2.58. The average Bonchev–Trinajstić information content (AvgIpc) is 2.28. The quantitative estimate of drug-likeness (QED) is 0.818. The molecule has 1 aromatic carbocycles. The first-order chi connectivity index (χ1) is 7.00. The van der Waals surface area contributed by atoms with Crippen molar-refractivity contribution < 1.29 is 0 Å². The van der Waals surface area contributed by atoms with E-state index < -0.39 is 0 Å². The van der Waals surface area contributed by atoms with Crippen LogP contribution in [0.25, 0.3) is 0 Å². The van der Waals surface area contributed by atoms with E-state index in [4.69, 9.17) is 5.73 Å². The van der Waals surface area contributed by atoms with Crippen molar-refractivity contribution in [2.24, 2.45) is 5.73 Å². The molecule has 84 valence electrons. The fourth-order valence-electron chi connectivity index (χ4n) is 1.77. The maximum Gasteiger partial charge on any atom is 0.0535 e. The standard InChI is InChI=1S/C13H22N2/c1-5-15(4)11(2)13(3,14)12-9-7-6-8-10-12/h6-11H,5,14H2,1-4H3. The molecule has 2 heteroatoms. The van der Waals surface area contributed by atoms with Crippen molar-refractivity contribution in [2.45, 2.75) is 32.4 Å². The molecule has 0 aliphatic carbocycles. The highest BCUT2D eigenvalue weighted by Crippen LogP contribution is 2.24. The van der Waals surface area contributed by atoms with Crippen LogP contribution in [-0.4, -0.2) is 24.5 Å². The minimum atomic E-state index is -0.300. The predicted molar refractivity (Wildman–Crippen MR) is 65.7 cm³/mol. The molecule has 0 saturated carbocycles. The topological polar surface area (TPSA) is 29.3 Å². The van der Waals surface area contributed by atoms with Crippen LogP contribution in [0.5, 0.6) is 0 Å². The Morgan fingerprint density at radius 2 is 1.87 bits per heavy atom. The van der Waals surface area contributed by atoms with Gasteiger partial charge in [-0.1, -0.05) is 37.3 Å². The number of likely N-dealkylation sites (N-methyl/N-ethyl adjacent to an activating group) is 1. The van der Waals surface area contributed by atoms with Crippen LogP contribution >= 0.6 is 0 Å². The van der Waals surface area contributed by atoms with Gasteiger partial charge in [0.25, 0.3) is 0 Å². The number of nitrogens with zero attached hydrogens (tertiary/aromatic N) is 1. The molecule has 0 heterocycles. The largest absolute Gasteiger partial charge is 0.320 e. The van der Waals surface area contributed by atoms with Gasteiger partial charge in [-0.2, -0.15) is 0 Å². The van der Waals surface area contributed by atoms with Gasteiger partial charge in [0.1, 0.15) is 0 Å². The summed E-state index contributed by atoms with van der Waals surface area (Å²) in [7, 11) is 2.11. The van der Waals surface area contributed by atoms with Crippen LogP contribution in [-0.2, 0) is 5.54 Å². The summed E-state index contributed by atoms with van der Waals surface area (Å²) in [6, 6.07) is 10.6. The van der Waals surface area contributed by atoms with Gasteiger partial charge >= 0.3 is 0 Å². The van der Waals surface area contributed by atoms with Gasteiger partial charge in [-0.05, 0) is 33.0 Å². The van der Waals surface area contributed by atoms with E-state index >= 15 is 0 Å². The lowest BCUT2D eigenvalue weighted by Crippen LogP contribution is -2.51. The Balaban J connectivity index is 2.92. The van der Waals surface area contributed by atoms with Crippen molar-refractivity contribution in [1.82, 2.24) is 4.90 Å². The summed E-state index contributed by atoms with van der Waals surface area (Å²) in [5.41, 5.74) is 7.31. The number of nitrogens with two attached hydrogens (primary N) is 1. The predicted octanol–water partition coefficient (Wildman–Crippen LogP) is 2.20. The molecular formula is C13H22N2. The molecule has 2 atom stereocenters. The van der Waals surface area contributed by atoms with Gasteiger partial charge in [0.2, 0.25) is 0 Å². The second-order valence-corrected chi connectivity index (χ2v) is 4.40. The minimum absolute atomic E-state index is 0.300. The van der Waals surface area contributed by atoms with Crippen molar-refractivity contribution >= 4 is 0 Å². The fourth-order valence-corrected chi connectivity index (χ4v) is 1.77. The van der Waals surface area contributed by atoms with Crippen LogP contribution in [0.3, 0.4) is 0 Å². The van der Waals surface area contributed by atoms with Crippen LogP contribution in [0.15, 0.2) is 30.3 Å². The van der Waals surface area contributed by atoms with Crippen molar-refractivity contribution in [3.05, 3.63) is 35.9 Å². The van der Waals surface area contributed by atoms with Crippen molar-refractivity contribution in [3.8, 4) is 0 Å². The Kier molecular flexibility index (Phi) is 3.89. The zero-order valence-corrected chi connectivity index (χ0v) is 10.2. The second-order valence-electron chi connectivity index (χ2n) is 4.40. The summed E-state index contributed by atoms with van der Waals surface area (Å²) in [4.78, 5) is 2.27. The van der Waals surface area contributed by atoms with Crippen LogP contribution in [0.4, 0.5) is 0 Å². The molecule has 0 bridgehead atoms. The first-order valence-corrected chi connectivity index (χ1v) is 5.54. The lowest BCUT2D eigenvalue weighted by Gasteiger charge is -2.37. The van der Waals surface area contributed by atoms with Gasteiger partial charge in [-0.15, -0.1) is 0 Å². The normalized spacial score (nSPS) is 17.5. The van der Waals surface area contributed by atoms with Crippen LogP contribution in [0, 0.1) is 0 Å². The van der Waals surface area contributed by atoms with E-state index in [1.165, 1.54) is 5.56 Å². The Hall–Kier alpha value is -0.860. The Bertz CT molecular complexity index is 293. The van der Waals surface area contributed by atoms with Gasteiger partial charge < -0.3 is 10.6 Å². The molecule has 1 rings (SSSR count). The van der Waals surface area contributed by atoms with Crippen molar-refractivity contribution in [3.63, 3.8) is 0 Å². The second kappa shape index (κ2) is 4.77. The van der Waals surface area contributed by atoms with Crippen LogP contribution in [0.1, 0.15) is 26.3 Å². The Labute approximate surface area is 93.1 Å². The van der Waals surface area contributed by atoms with Crippen molar-refractivity contribution in [2.75, 3.05) is 13.6 Å². The Morgan fingerprint density at radius 3 is 2.33 bits per heavy atom. The minimum Gasteiger partial charge on any atom is -0.320 e. The maximum atomic E-state index is 6.42. The zero-order valence-electron chi connectivity index (χ0n) is 10.2. The number of benzene rings is 1. The molecule has 0 aliphatic rings. The summed E-state index contributed by atoms with van der Waals surface area (Å²) in [6.07, 6.45) is 0. The molecule has 0 spiro atoms. The lowest BCUT2D eigenvalue weighted by molar-refractivity contribution is 0.181. The molecule has 0 radical (unpaired) electrons. The average molecular weight is 206 g/mol. The highest BCUT2D eigenvalue weighted by Gasteiger charge is 2.30. The smallest absolute Gasteiger partial charge is 0.0535 e. The van der Waals surface area contributed by atoms with Gasteiger partial charge in [-0.25, -0.2) is 0 Å². The number of hydrogen-bond acceptors (Lipinski definition) is 2. The van der Waals surface area contributed by atoms with E-state index in [0.29, 0.717) is 6.04 Å².